The van der Waals surface area contributed by atoms with E-state index in [0.29, 0.717) is 23.2 Å². The lowest BCUT2D eigenvalue weighted by atomic mass is 9.99. The van der Waals surface area contributed by atoms with Crippen LogP contribution in [-0.4, -0.2) is 17.7 Å². The van der Waals surface area contributed by atoms with E-state index in [9.17, 15) is 4.79 Å². The molecule has 1 aromatic heterocycles. The quantitative estimate of drug-likeness (QED) is 0.883. The maximum absolute atomic E-state index is 11.7. The van der Waals surface area contributed by atoms with Gasteiger partial charge in [0.25, 0.3) is 5.91 Å². The summed E-state index contributed by atoms with van der Waals surface area (Å²) in [6.45, 7) is 6.04. The number of carbonyl (C=O) groups excluding carboxylic acids is 1. The third-order valence-electron chi connectivity index (χ3n) is 3.33. The second-order valence-electron chi connectivity index (χ2n) is 5.04. The first kappa shape index (κ1) is 15.1. The highest BCUT2D eigenvalue weighted by Crippen LogP contribution is 2.21. The Morgan fingerprint density at radius 3 is 2.67 bits per heavy atom. The monoisotopic (exact) mass is 288 g/mol. The van der Waals surface area contributed by atoms with Gasteiger partial charge < -0.3 is 14.6 Å². The summed E-state index contributed by atoms with van der Waals surface area (Å²) in [6.07, 6.45) is 1.10. The molecule has 0 radical (unpaired) electrons. The first-order valence-corrected chi connectivity index (χ1v) is 7.04. The largest absolute Gasteiger partial charge is 0.484 e. The van der Waals surface area contributed by atoms with Crippen LogP contribution in [0, 0.1) is 6.92 Å². The molecule has 2 rings (SSSR count). The summed E-state index contributed by atoms with van der Waals surface area (Å²) in [5, 5.41) is 6.29. The van der Waals surface area contributed by atoms with Crippen molar-refractivity contribution in [2.75, 3.05) is 11.9 Å². The van der Waals surface area contributed by atoms with Crippen LogP contribution in [0.15, 0.2) is 34.9 Å². The molecule has 0 fully saturated rings. The Labute approximate surface area is 124 Å². The number of anilines is 1. The van der Waals surface area contributed by atoms with Gasteiger partial charge in [-0.15, -0.1) is 0 Å². The van der Waals surface area contributed by atoms with Gasteiger partial charge in [-0.05, 0) is 37.0 Å². The maximum atomic E-state index is 11.7. The number of rotatable bonds is 6. The number of hydrogen-bond donors (Lipinski definition) is 1. The van der Waals surface area contributed by atoms with E-state index < -0.39 is 0 Å². The number of ether oxygens (including phenoxy) is 1. The van der Waals surface area contributed by atoms with Crippen molar-refractivity contribution >= 4 is 11.7 Å². The van der Waals surface area contributed by atoms with Gasteiger partial charge in [0.2, 0.25) is 0 Å². The molecule has 1 N–H and O–H groups in total. The molecule has 0 saturated heterocycles. The number of carbonyl (C=O) groups is 1. The average molecular weight is 288 g/mol. The van der Waals surface area contributed by atoms with Gasteiger partial charge in [0.05, 0.1) is 0 Å². The molecule has 0 aliphatic carbocycles. The molecular weight excluding hydrogens is 268 g/mol. The minimum absolute atomic E-state index is 0.0609. The zero-order chi connectivity index (χ0) is 15.2. The van der Waals surface area contributed by atoms with Crippen LogP contribution in [0.2, 0.25) is 0 Å². The summed E-state index contributed by atoms with van der Waals surface area (Å²) >= 11 is 0. The molecule has 0 saturated carbocycles. The number of benzene rings is 1. The number of nitrogens with zero attached hydrogens (tertiary/aromatic N) is 1. The van der Waals surface area contributed by atoms with Gasteiger partial charge in [0.1, 0.15) is 11.5 Å². The van der Waals surface area contributed by atoms with E-state index in [1.807, 2.05) is 24.3 Å². The van der Waals surface area contributed by atoms with Crippen molar-refractivity contribution in [2.45, 2.75) is 33.1 Å². The Morgan fingerprint density at radius 2 is 2.10 bits per heavy atom. The van der Waals surface area contributed by atoms with E-state index in [-0.39, 0.29) is 12.5 Å². The van der Waals surface area contributed by atoms with Crippen molar-refractivity contribution in [1.82, 2.24) is 5.16 Å². The fourth-order valence-electron chi connectivity index (χ4n) is 1.88. The predicted molar refractivity (Wildman–Crippen MR) is 80.5 cm³/mol. The summed E-state index contributed by atoms with van der Waals surface area (Å²) in [7, 11) is 0. The molecule has 0 aliphatic rings. The van der Waals surface area contributed by atoms with E-state index in [1.54, 1.807) is 13.0 Å². The van der Waals surface area contributed by atoms with E-state index in [1.165, 1.54) is 5.56 Å². The van der Waals surface area contributed by atoms with Gasteiger partial charge in [-0.2, -0.15) is 0 Å². The van der Waals surface area contributed by atoms with Gasteiger partial charge in [0, 0.05) is 6.07 Å². The summed E-state index contributed by atoms with van der Waals surface area (Å²) in [6, 6.07) is 9.48. The third-order valence-corrected chi connectivity index (χ3v) is 3.33. The molecule has 0 spiro atoms. The molecule has 1 amide bonds. The second kappa shape index (κ2) is 6.92. The molecule has 1 heterocycles. The van der Waals surface area contributed by atoms with Gasteiger partial charge in [-0.25, -0.2) is 0 Å². The van der Waals surface area contributed by atoms with Crippen LogP contribution in [0.5, 0.6) is 5.75 Å². The van der Waals surface area contributed by atoms with Gasteiger partial charge in [0.15, 0.2) is 12.4 Å². The summed E-state index contributed by atoms with van der Waals surface area (Å²) in [5.74, 6) is 1.97. The lowest BCUT2D eigenvalue weighted by Crippen LogP contribution is -2.20. The molecular formula is C16H20N2O3. The van der Waals surface area contributed by atoms with Crippen molar-refractivity contribution in [3.05, 3.63) is 41.7 Å². The van der Waals surface area contributed by atoms with Crippen molar-refractivity contribution in [2.24, 2.45) is 0 Å². The van der Waals surface area contributed by atoms with Crippen molar-refractivity contribution in [1.29, 1.82) is 0 Å². The maximum Gasteiger partial charge on any atom is 0.263 e. The number of nitrogens with one attached hydrogen (secondary N) is 1. The molecule has 5 heteroatoms. The Kier molecular flexibility index (Phi) is 4.98. The molecule has 0 aliphatic heterocycles. The minimum Gasteiger partial charge on any atom is -0.484 e. The Bertz CT molecular complexity index is 590. The molecule has 21 heavy (non-hydrogen) atoms. The highest BCUT2D eigenvalue weighted by Gasteiger charge is 2.07. The van der Waals surface area contributed by atoms with Crippen molar-refractivity contribution < 1.29 is 14.1 Å². The van der Waals surface area contributed by atoms with Crippen molar-refractivity contribution in [3.8, 4) is 5.75 Å². The van der Waals surface area contributed by atoms with E-state index >= 15 is 0 Å². The highest BCUT2D eigenvalue weighted by atomic mass is 16.5. The van der Waals surface area contributed by atoms with Gasteiger partial charge >= 0.3 is 0 Å². The number of hydrogen-bond acceptors (Lipinski definition) is 4. The van der Waals surface area contributed by atoms with Crippen LogP contribution in [0.25, 0.3) is 0 Å². The topological polar surface area (TPSA) is 64.4 Å². The first-order chi connectivity index (χ1) is 10.1. The fraction of sp³-hybridized carbons (Fsp3) is 0.375. The third kappa shape index (κ3) is 4.34. The van der Waals surface area contributed by atoms with Crippen LogP contribution in [0.4, 0.5) is 5.82 Å². The van der Waals surface area contributed by atoms with E-state index in [0.717, 1.165) is 6.42 Å². The Morgan fingerprint density at radius 1 is 1.38 bits per heavy atom. The smallest absolute Gasteiger partial charge is 0.263 e. The second-order valence-corrected chi connectivity index (χ2v) is 5.04. The number of aryl methyl sites for hydroxylation is 1. The van der Waals surface area contributed by atoms with Gasteiger partial charge in [-0.1, -0.05) is 31.1 Å². The van der Waals surface area contributed by atoms with Crippen LogP contribution in [0.1, 0.15) is 37.5 Å². The van der Waals surface area contributed by atoms with E-state index in [2.05, 4.69) is 24.3 Å². The zero-order valence-corrected chi connectivity index (χ0v) is 12.6. The molecule has 1 aromatic carbocycles. The molecule has 112 valence electrons. The Balaban J connectivity index is 1.83. The number of amides is 1. The SMILES string of the molecule is CCC(C)c1ccc(OCC(=O)Nc2cc(C)on2)cc1. The number of aromatic nitrogens is 1. The average Bonchev–Trinajstić information content (AvgIpc) is 2.90. The minimum atomic E-state index is -0.269. The summed E-state index contributed by atoms with van der Waals surface area (Å²) < 4.78 is 10.3. The van der Waals surface area contributed by atoms with Crippen LogP contribution in [0.3, 0.4) is 0 Å². The molecule has 0 bridgehead atoms. The van der Waals surface area contributed by atoms with Crippen molar-refractivity contribution in [3.63, 3.8) is 0 Å². The zero-order valence-electron chi connectivity index (χ0n) is 12.6. The lowest BCUT2D eigenvalue weighted by Gasteiger charge is -2.10. The highest BCUT2D eigenvalue weighted by molar-refractivity contribution is 5.90. The predicted octanol–water partition coefficient (Wildman–Crippen LogP) is 3.51. The molecule has 1 unspecified atom stereocenters. The normalized spacial score (nSPS) is 12.0. The molecule has 1 atom stereocenters. The Hall–Kier alpha value is -2.30. The fourth-order valence-corrected chi connectivity index (χ4v) is 1.88. The first-order valence-electron chi connectivity index (χ1n) is 7.04. The van der Waals surface area contributed by atoms with Crippen LogP contribution in [-0.2, 0) is 4.79 Å². The summed E-state index contributed by atoms with van der Waals surface area (Å²) in [5.41, 5.74) is 1.27. The standard InChI is InChI=1S/C16H20N2O3/c1-4-11(2)13-5-7-14(8-6-13)20-10-16(19)17-15-9-12(3)21-18-15/h5-9,11H,4,10H2,1-3H3,(H,17,18,19). The lowest BCUT2D eigenvalue weighted by molar-refractivity contribution is -0.118. The van der Waals surface area contributed by atoms with Gasteiger partial charge in [-0.3, -0.25) is 4.79 Å². The van der Waals surface area contributed by atoms with Crippen LogP contribution >= 0.6 is 0 Å². The van der Waals surface area contributed by atoms with Crippen LogP contribution < -0.4 is 10.1 Å². The summed E-state index contributed by atoms with van der Waals surface area (Å²) in [4.78, 5) is 11.7. The van der Waals surface area contributed by atoms with E-state index in [4.69, 9.17) is 9.26 Å². The molecule has 5 nitrogen and oxygen atoms in total. The molecule has 2 aromatic rings.